The van der Waals surface area contributed by atoms with Gasteiger partial charge in [0.2, 0.25) is 47.3 Å². The zero-order valence-electron chi connectivity index (χ0n) is 82.6. The molecule has 4 aliphatic carbocycles. The summed E-state index contributed by atoms with van der Waals surface area (Å²) < 4.78 is 3.06. The maximum atomic E-state index is 13.3. The molecule has 2 aromatic heterocycles. The number of aliphatic carboxylic acids is 7. The normalized spacial score (nSPS) is 24.5. The predicted molar refractivity (Wildman–Crippen MR) is 516 cm³/mol. The summed E-state index contributed by atoms with van der Waals surface area (Å²) in [5.74, 6) is -8.39. The molecule has 12 atom stereocenters. The van der Waals surface area contributed by atoms with Crippen molar-refractivity contribution in [2.45, 2.75) is 286 Å². The Hall–Kier alpha value is -9.43. The number of nitrogens with zero attached hydrogens (tertiary/aromatic N) is 16. The van der Waals surface area contributed by atoms with Crippen molar-refractivity contribution in [3.63, 3.8) is 0 Å². The van der Waals surface area contributed by atoms with Gasteiger partial charge in [0, 0.05) is 164 Å². The van der Waals surface area contributed by atoms with Crippen molar-refractivity contribution in [3.05, 3.63) is 49.1 Å². The smallest absolute Gasteiger partial charge is 0.317 e. The van der Waals surface area contributed by atoms with Crippen LogP contribution in [0.5, 0.6) is 0 Å². The topological polar surface area (TPSA) is 514 Å². The second-order valence-corrected chi connectivity index (χ2v) is 40.0. The molecule has 0 radical (unpaired) electrons. The number of rotatable bonds is 41. The third-order valence-electron chi connectivity index (χ3n) is 29.7. The number of likely N-dealkylation sites (tertiary alicyclic amines) is 6. The SMILES string of the molecule is CCC1CC(O)CN(C(=O)CN(CC(=O)O)C2CCCCC2N(CC(=O)O)CC(=O)N2CC(O)CC(CO)C2)C1.CCN(CC(=O)n1cccc1)C1CCCCC1N(CC(=O)O)CC(=O)n1cccc1.O=C(O)CN(CC(=O)N1CCCCC1)C1CCCCC1N(CC(=O)O)CC(=O)N1CCCCC1.O=C(O)CN(CC(=O)N1CCCCCC1)C1CCCCC1N(CC(=O)O)CC(=O)N1CCCCCC1. The fourth-order valence-electron chi connectivity index (χ4n) is 22.8. The molecule has 6 saturated heterocycles. The number of β-amino-alcohol motifs (C(OH)–C–C–N with tert-alkyl or cyclic N) is 2. The highest BCUT2D eigenvalue weighted by Crippen LogP contribution is 2.35. The van der Waals surface area contributed by atoms with E-state index in [1.54, 1.807) is 80.7 Å². The summed E-state index contributed by atoms with van der Waals surface area (Å²) >= 11 is 0. The highest BCUT2D eigenvalue weighted by molar-refractivity contribution is 5.85. The number of carboxylic acid groups (broad SMARTS) is 7. The number of amides is 6. The average molecular weight is 1970 g/mol. The third kappa shape index (κ3) is 37.4. The van der Waals surface area contributed by atoms with Crippen LogP contribution in [0.4, 0.5) is 0 Å². The van der Waals surface area contributed by atoms with Crippen LogP contribution in [-0.4, -0.2) is 468 Å². The molecular weight excluding hydrogens is 1810 g/mol. The molecule has 41 heteroatoms. The number of hydrogen-bond acceptors (Lipinski definition) is 26. The lowest BCUT2D eigenvalue weighted by Crippen LogP contribution is -2.60. The summed E-state index contributed by atoms with van der Waals surface area (Å²) in [7, 11) is 0. The third-order valence-corrected chi connectivity index (χ3v) is 29.7. The molecule has 10 N–H and O–H groups in total. The van der Waals surface area contributed by atoms with Gasteiger partial charge in [-0.2, -0.15) is 0 Å². The Balaban J connectivity index is 0.000000210. The molecule has 6 amide bonds. The molecule has 12 rings (SSSR count). The number of hydrogen-bond donors (Lipinski definition) is 10. The van der Waals surface area contributed by atoms with Crippen LogP contribution >= 0.6 is 0 Å². The molecule has 41 nitrogen and oxygen atoms in total. The van der Waals surface area contributed by atoms with Gasteiger partial charge in [0.05, 0.1) is 110 Å². The lowest BCUT2D eigenvalue weighted by Gasteiger charge is -2.45. The molecule has 4 saturated carbocycles. The molecule has 10 aliphatic rings. The highest BCUT2D eigenvalue weighted by atomic mass is 16.4. The Kier molecular flexibility index (Phi) is 48.6. The number of carbonyl (C=O) groups is 15. The van der Waals surface area contributed by atoms with E-state index < -0.39 is 79.2 Å². The van der Waals surface area contributed by atoms with E-state index in [0.717, 1.165) is 161 Å². The lowest BCUT2D eigenvalue weighted by atomic mass is 9.87. The molecule has 140 heavy (non-hydrogen) atoms. The van der Waals surface area contributed by atoms with Crippen molar-refractivity contribution in [1.82, 2.24) is 77.7 Å². The Morgan fingerprint density at radius 3 is 0.650 bits per heavy atom. The first-order chi connectivity index (χ1) is 67.2. The quantitative estimate of drug-likeness (QED) is 0.0447. The van der Waals surface area contributed by atoms with Crippen molar-refractivity contribution in [2.75, 3.05) is 190 Å². The number of carboxylic acids is 7. The Morgan fingerprint density at radius 2 is 0.436 bits per heavy atom. The van der Waals surface area contributed by atoms with E-state index in [4.69, 9.17) is 0 Å². The molecule has 786 valence electrons. The maximum Gasteiger partial charge on any atom is 0.317 e. The summed E-state index contributed by atoms with van der Waals surface area (Å²) in [5.41, 5.74) is 0. The van der Waals surface area contributed by atoms with E-state index in [9.17, 15) is 123 Å². The van der Waals surface area contributed by atoms with E-state index >= 15 is 0 Å². The minimum atomic E-state index is -1.13. The van der Waals surface area contributed by atoms with Crippen molar-refractivity contribution in [3.8, 4) is 0 Å². The number of likely N-dealkylation sites (N-methyl/N-ethyl adjacent to an activating group) is 1. The summed E-state index contributed by atoms with van der Waals surface area (Å²) in [6.07, 6.45) is 34.1. The fraction of sp³-hybridized carbons (Fsp3) is 0.768. The standard InChI is InChI=1S/C27H46N4O9.C26H44N4O6.C24H40N4O6.C22H30N4O4/c1-2-18-7-20(33)11-30(9-18)24(35)13-28(15-26(37)38)22-5-3-4-6-23(22)29(16-27(39)40)14-25(36)31-10-19(17-32)8-21(34)12-31;31-23(27-13-7-1-2-8-14-27)17-29(19-25(33)34)21-11-5-6-12-22(21)30(20-26(35)36)18-24(32)28-15-9-3-4-10-16-28;29-21(25-11-5-1-6-12-25)15-27(17-23(31)32)19-9-3-4-10-20(19)28(18-24(33)34)16-22(30)26-13-7-2-8-14-26;1-2-23(15-20(27)24-11-5-6-12-24)18-9-3-4-10-19(18)26(17-22(29)30)16-21(28)25-13-7-8-14-25/h18-23,32-34H,2-17H2,1H3,(H,37,38)(H,39,40);21-22H,1-20H2,(H,33,34)(H,35,36);19-20H,1-18H2,(H,31,32)(H,33,34);5-8,11-14,18-19H,2-4,9-10,15-17H2,1H3,(H,29,30). The summed E-state index contributed by atoms with van der Waals surface area (Å²) in [6.45, 7) is 8.94. The molecule has 10 fully saturated rings. The molecule has 0 aromatic carbocycles. The van der Waals surface area contributed by atoms with Crippen LogP contribution in [0.1, 0.15) is 235 Å². The van der Waals surface area contributed by atoms with Gasteiger partial charge in [0.15, 0.2) is 0 Å². The second kappa shape index (κ2) is 59.6. The van der Waals surface area contributed by atoms with E-state index in [1.807, 2.05) is 45.6 Å². The zero-order valence-corrected chi connectivity index (χ0v) is 82.6. The van der Waals surface area contributed by atoms with Crippen LogP contribution in [0.25, 0.3) is 0 Å². The van der Waals surface area contributed by atoms with Gasteiger partial charge in [-0.25, -0.2) is 0 Å². The van der Waals surface area contributed by atoms with Crippen LogP contribution in [-0.2, 0) is 62.3 Å². The van der Waals surface area contributed by atoms with Crippen molar-refractivity contribution in [1.29, 1.82) is 0 Å². The van der Waals surface area contributed by atoms with Gasteiger partial charge in [0.25, 0.3) is 0 Å². The molecule has 2 aromatic rings. The van der Waals surface area contributed by atoms with Gasteiger partial charge >= 0.3 is 41.8 Å². The van der Waals surface area contributed by atoms with Crippen LogP contribution in [0, 0.1) is 11.8 Å². The van der Waals surface area contributed by atoms with Crippen LogP contribution in [0.2, 0.25) is 0 Å². The Morgan fingerprint density at radius 1 is 0.243 bits per heavy atom. The average Bonchev–Trinajstić information content (AvgIpc) is 0.980. The number of aliphatic hydroxyl groups excluding tert-OH is 3. The summed E-state index contributed by atoms with van der Waals surface area (Å²) in [6, 6.07) is 5.03. The molecule has 8 heterocycles. The lowest BCUT2D eigenvalue weighted by molar-refractivity contribution is -0.148. The van der Waals surface area contributed by atoms with Crippen LogP contribution in [0.15, 0.2) is 49.1 Å². The summed E-state index contributed by atoms with van der Waals surface area (Å²) in [5, 5.41) is 97.4. The Bertz CT molecular complexity index is 4040. The van der Waals surface area contributed by atoms with E-state index in [0.29, 0.717) is 117 Å². The highest BCUT2D eigenvalue weighted by Gasteiger charge is 2.45. The summed E-state index contributed by atoms with van der Waals surface area (Å²) in [4.78, 5) is 211. The van der Waals surface area contributed by atoms with Crippen molar-refractivity contribution in [2.24, 2.45) is 11.8 Å². The van der Waals surface area contributed by atoms with Gasteiger partial charge < -0.3 is 80.5 Å². The predicted octanol–water partition coefficient (Wildman–Crippen LogP) is 4.15. The first-order valence-electron chi connectivity index (χ1n) is 51.6. The van der Waals surface area contributed by atoms with Gasteiger partial charge in [-0.05, 0) is 165 Å². The minimum Gasteiger partial charge on any atom is -0.480 e. The maximum absolute atomic E-state index is 13.3. The molecule has 6 aliphatic heterocycles. The van der Waals surface area contributed by atoms with Crippen molar-refractivity contribution >= 4 is 89.0 Å². The molecule has 0 bridgehead atoms. The van der Waals surface area contributed by atoms with Gasteiger partial charge in [-0.3, -0.25) is 120 Å². The van der Waals surface area contributed by atoms with Gasteiger partial charge in [-0.15, -0.1) is 0 Å². The van der Waals surface area contributed by atoms with E-state index in [-0.39, 0.29) is 207 Å². The van der Waals surface area contributed by atoms with E-state index in [1.165, 1.54) is 9.47 Å². The first kappa shape index (κ1) is 114. The van der Waals surface area contributed by atoms with Gasteiger partial charge in [0.1, 0.15) is 0 Å². The minimum absolute atomic E-state index is 0.00838. The monoisotopic (exact) mass is 1970 g/mol. The van der Waals surface area contributed by atoms with Gasteiger partial charge in [-0.1, -0.05) is 97.3 Å². The van der Waals surface area contributed by atoms with Crippen LogP contribution in [0.3, 0.4) is 0 Å². The number of carbonyl (C=O) groups excluding carboxylic acids is 8. The van der Waals surface area contributed by atoms with Crippen LogP contribution < -0.4 is 0 Å². The molecule has 0 spiro atoms. The number of aliphatic hydroxyl groups is 3. The zero-order chi connectivity index (χ0) is 101. The molecular formula is C99H160N16O25. The largest absolute Gasteiger partial charge is 0.480 e. The van der Waals surface area contributed by atoms with Crippen molar-refractivity contribution < 1.29 is 123 Å². The number of piperidine rings is 4. The first-order valence-corrected chi connectivity index (χ1v) is 51.6. The second-order valence-electron chi connectivity index (χ2n) is 40.0. The number of aromatic nitrogens is 2. The van der Waals surface area contributed by atoms with E-state index in [2.05, 4.69) is 4.90 Å². The Labute approximate surface area is 822 Å². The molecule has 12 unspecified atom stereocenters. The fourth-order valence-corrected chi connectivity index (χ4v) is 22.8.